The summed E-state index contributed by atoms with van der Waals surface area (Å²) < 4.78 is 0. The second-order valence-corrected chi connectivity index (χ2v) is 3.53. The van der Waals surface area contributed by atoms with Crippen molar-refractivity contribution >= 4 is 11.7 Å². The summed E-state index contributed by atoms with van der Waals surface area (Å²) in [5.74, 6) is -0.966. The van der Waals surface area contributed by atoms with E-state index in [1.165, 1.54) is 0 Å². The van der Waals surface area contributed by atoms with Gasteiger partial charge in [-0.2, -0.15) is 0 Å². The summed E-state index contributed by atoms with van der Waals surface area (Å²) in [6.07, 6.45) is 0. The van der Waals surface area contributed by atoms with Crippen molar-refractivity contribution in [1.29, 1.82) is 0 Å². The van der Waals surface area contributed by atoms with E-state index in [1.54, 1.807) is 19.1 Å². The number of carbonyl (C=O) groups is 1. The second-order valence-electron chi connectivity index (χ2n) is 3.53. The van der Waals surface area contributed by atoms with Crippen LogP contribution in [-0.4, -0.2) is 28.8 Å². The largest absolute Gasteiger partial charge is 0.478 e. The maximum absolute atomic E-state index is 10.9. The summed E-state index contributed by atoms with van der Waals surface area (Å²) in [4.78, 5) is 10.9. The average molecular weight is 209 g/mol. The van der Waals surface area contributed by atoms with Gasteiger partial charge in [-0.1, -0.05) is 12.1 Å². The lowest BCUT2D eigenvalue weighted by Gasteiger charge is -2.16. The van der Waals surface area contributed by atoms with Gasteiger partial charge in [0.15, 0.2) is 0 Å². The summed E-state index contributed by atoms with van der Waals surface area (Å²) in [7, 11) is 0. The Balaban J connectivity index is 3.07. The van der Waals surface area contributed by atoms with Crippen LogP contribution < -0.4 is 5.32 Å². The molecule has 0 spiro atoms. The number of benzene rings is 1. The van der Waals surface area contributed by atoms with E-state index < -0.39 is 5.97 Å². The highest BCUT2D eigenvalue weighted by atomic mass is 16.4. The van der Waals surface area contributed by atoms with Gasteiger partial charge in [0.05, 0.1) is 17.9 Å². The molecule has 4 heteroatoms. The van der Waals surface area contributed by atoms with Crippen LogP contribution in [0.25, 0.3) is 0 Å². The molecule has 0 saturated heterocycles. The molecule has 0 aromatic heterocycles. The van der Waals surface area contributed by atoms with Crippen LogP contribution in [0.4, 0.5) is 5.69 Å². The van der Waals surface area contributed by atoms with Crippen molar-refractivity contribution in [3.8, 4) is 0 Å². The fraction of sp³-hybridized carbons (Fsp3) is 0.364. The highest BCUT2D eigenvalue weighted by Crippen LogP contribution is 2.21. The minimum Gasteiger partial charge on any atom is -0.478 e. The summed E-state index contributed by atoms with van der Waals surface area (Å²) in [5.41, 5.74) is 1.66. The molecule has 0 heterocycles. The van der Waals surface area contributed by atoms with Crippen LogP contribution in [-0.2, 0) is 0 Å². The number of aliphatic hydroxyl groups excluding tert-OH is 1. The van der Waals surface area contributed by atoms with Crippen LogP contribution in [0.1, 0.15) is 22.8 Å². The molecule has 1 rings (SSSR count). The molecule has 0 aliphatic carbocycles. The van der Waals surface area contributed by atoms with Gasteiger partial charge in [-0.05, 0) is 25.5 Å². The first-order chi connectivity index (χ1) is 7.06. The Hall–Kier alpha value is -1.55. The quantitative estimate of drug-likeness (QED) is 0.702. The molecule has 0 bridgehead atoms. The molecule has 1 atom stereocenters. The van der Waals surface area contributed by atoms with Crippen molar-refractivity contribution in [2.24, 2.45) is 0 Å². The molecule has 0 amide bonds. The first kappa shape index (κ1) is 11.5. The van der Waals surface area contributed by atoms with Gasteiger partial charge in [0.1, 0.15) is 0 Å². The van der Waals surface area contributed by atoms with Crippen LogP contribution in [0.15, 0.2) is 18.2 Å². The molecular weight excluding hydrogens is 194 g/mol. The van der Waals surface area contributed by atoms with Gasteiger partial charge >= 0.3 is 5.97 Å². The van der Waals surface area contributed by atoms with Crippen molar-refractivity contribution in [3.63, 3.8) is 0 Å². The van der Waals surface area contributed by atoms with E-state index in [2.05, 4.69) is 5.32 Å². The zero-order valence-electron chi connectivity index (χ0n) is 8.82. The monoisotopic (exact) mass is 209 g/mol. The standard InChI is InChI=1S/C11H15NO3/c1-7-4-3-5-9(11(14)15)10(7)12-8(2)6-13/h3-5,8,12-13H,6H2,1-2H3,(H,14,15). The number of rotatable bonds is 4. The third kappa shape index (κ3) is 2.70. The third-order valence-electron chi connectivity index (χ3n) is 2.17. The number of hydrogen-bond donors (Lipinski definition) is 3. The van der Waals surface area contributed by atoms with E-state index >= 15 is 0 Å². The second kappa shape index (κ2) is 4.79. The van der Waals surface area contributed by atoms with E-state index in [4.69, 9.17) is 10.2 Å². The number of aromatic carboxylic acids is 1. The predicted molar refractivity (Wildman–Crippen MR) is 58.3 cm³/mol. The lowest BCUT2D eigenvalue weighted by molar-refractivity contribution is 0.0697. The number of anilines is 1. The van der Waals surface area contributed by atoms with Gasteiger partial charge in [-0.3, -0.25) is 0 Å². The van der Waals surface area contributed by atoms with E-state index in [9.17, 15) is 4.79 Å². The molecule has 4 nitrogen and oxygen atoms in total. The van der Waals surface area contributed by atoms with Gasteiger partial charge in [-0.25, -0.2) is 4.79 Å². The number of nitrogens with one attached hydrogen (secondary N) is 1. The molecule has 82 valence electrons. The predicted octanol–water partition coefficient (Wildman–Crippen LogP) is 1.49. The summed E-state index contributed by atoms with van der Waals surface area (Å²) >= 11 is 0. The van der Waals surface area contributed by atoms with Crippen molar-refractivity contribution in [3.05, 3.63) is 29.3 Å². The Morgan fingerprint density at radius 2 is 2.20 bits per heavy atom. The number of aryl methyl sites for hydroxylation is 1. The summed E-state index contributed by atoms with van der Waals surface area (Å²) in [6.45, 7) is 3.59. The minimum atomic E-state index is -0.966. The normalized spacial score (nSPS) is 12.2. The molecule has 0 radical (unpaired) electrons. The number of para-hydroxylation sites is 1. The highest BCUT2D eigenvalue weighted by molar-refractivity contribution is 5.95. The zero-order valence-corrected chi connectivity index (χ0v) is 8.82. The molecule has 0 aliphatic heterocycles. The molecular formula is C11H15NO3. The van der Waals surface area contributed by atoms with Crippen molar-refractivity contribution in [2.45, 2.75) is 19.9 Å². The van der Waals surface area contributed by atoms with Crippen LogP contribution in [0.3, 0.4) is 0 Å². The first-order valence-corrected chi connectivity index (χ1v) is 4.76. The van der Waals surface area contributed by atoms with E-state index in [-0.39, 0.29) is 18.2 Å². The Kier molecular flexibility index (Phi) is 3.68. The van der Waals surface area contributed by atoms with Crippen molar-refractivity contribution < 1.29 is 15.0 Å². The van der Waals surface area contributed by atoms with Crippen LogP contribution in [0, 0.1) is 6.92 Å². The smallest absolute Gasteiger partial charge is 0.337 e. The van der Waals surface area contributed by atoms with Crippen LogP contribution in [0.2, 0.25) is 0 Å². The van der Waals surface area contributed by atoms with Crippen LogP contribution in [0.5, 0.6) is 0 Å². The van der Waals surface area contributed by atoms with Gasteiger partial charge < -0.3 is 15.5 Å². The molecule has 0 aliphatic rings. The Morgan fingerprint density at radius 1 is 1.53 bits per heavy atom. The maximum Gasteiger partial charge on any atom is 0.337 e. The molecule has 3 N–H and O–H groups in total. The zero-order chi connectivity index (χ0) is 11.4. The number of aliphatic hydroxyl groups is 1. The molecule has 1 aromatic carbocycles. The van der Waals surface area contributed by atoms with Gasteiger partial charge in [0, 0.05) is 6.04 Å². The topological polar surface area (TPSA) is 69.6 Å². The van der Waals surface area contributed by atoms with Gasteiger partial charge in [0.2, 0.25) is 0 Å². The van der Waals surface area contributed by atoms with Gasteiger partial charge in [0.25, 0.3) is 0 Å². The molecule has 15 heavy (non-hydrogen) atoms. The summed E-state index contributed by atoms with van der Waals surface area (Å²) in [5, 5.41) is 20.9. The average Bonchev–Trinajstić information content (AvgIpc) is 2.20. The maximum atomic E-state index is 10.9. The molecule has 0 saturated carbocycles. The number of carboxylic acids is 1. The highest BCUT2D eigenvalue weighted by Gasteiger charge is 2.13. The number of hydrogen-bond acceptors (Lipinski definition) is 3. The minimum absolute atomic E-state index is 0.0343. The van der Waals surface area contributed by atoms with Crippen molar-refractivity contribution in [1.82, 2.24) is 0 Å². The number of carboxylic acid groups (broad SMARTS) is 1. The third-order valence-corrected chi connectivity index (χ3v) is 2.17. The SMILES string of the molecule is Cc1cccc(C(=O)O)c1NC(C)CO. The lowest BCUT2D eigenvalue weighted by Crippen LogP contribution is -2.21. The van der Waals surface area contributed by atoms with Crippen molar-refractivity contribution in [2.75, 3.05) is 11.9 Å². The summed E-state index contributed by atoms with van der Waals surface area (Å²) in [6, 6.07) is 4.91. The first-order valence-electron chi connectivity index (χ1n) is 4.76. The van der Waals surface area contributed by atoms with E-state index in [0.29, 0.717) is 5.69 Å². The molecule has 1 unspecified atom stereocenters. The fourth-order valence-corrected chi connectivity index (χ4v) is 1.33. The van der Waals surface area contributed by atoms with Crippen LogP contribution >= 0.6 is 0 Å². The molecule has 0 fully saturated rings. The lowest BCUT2D eigenvalue weighted by atomic mass is 10.1. The van der Waals surface area contributed by atoms with E-state index in [0.717, 1.165) is 5.56 Å². The Morgan fingerprint density at radius 3 is 2.73 bits per heavy atom. The fourth-order valence-electron chi connectivity index (χ4n) is 1.33. The Labute approximate surface area is 88.6 Å². The molecule has 1 aromatic rings. The van der Waals surface area contributed by atoms with Gasteiger partial charge in [-0.15, -0.1) is 0 Å². The van der Waals surface area contributed by atoms with E-state index in [1.807, 2.05) is 13.0 Å². The Bertz CT molecular complexity index is 363.